The fourth-order valence-electron chi connectivity index (χ4n) is 8.28. The van der Waals surface area contributed by atoms with Crippen LogP contribution in [-0.2, 0) is 16.0 Å². The summed E-state index contributed by atoms with van der Waals surface area (Å²) in [5.41, 5.74) is 2.01. The van der Waals surface area contributed by atoms with Gasteiger partial charge in [-0.25, -0.2) is 0 Å². The molecule has 2 amide bonds. The molecule has 11 heteroatoms. The average Bonchev–Trinajstić information content (AvgIpc) is 3.82. The highest BCUT2D eigenvalue weighted by molar-refractivity contribution is 5.96. The number of nitrogens with one attached hydrogen (secondary N) is 1. The Bertz CT molecular complexity index is 1540. The van der Waals surface area contributed by atoms with E-state index in [0.29, 0.717) is 70.7 Å². The number of fused-ring (bicyclic) bond motifs is 5. The minimum Gasteiger partial charge on any atom is -0.497 e. The number of hydrogen-bond donors (Lipinski definition) is 3. The first kappa shape index (κ1) is 32.8. The predicted molar refractivity (Wildman–Crippen MR) is 172 cm³/mol. The van der Waals surface area contributed by atoms with Crippen LogP contribution in [0.4, 0.5) is 0 Å². The molecule has 6 rings (SSSR count). The van der Waals surface area contributed by atoms with Crippen LogP contribution >= 0.6 is 0 Å². The van der Waals surface area contributed by atoms with Crippen molar-refractivity contribution in [3.63, 3.8) is 0 Å². The zero-order valence-electron chi connectivity index (χ0n) is 27.1. The van der Waals surface area contributed by atoms with E-state index in [4.69, 9.17) is 18.9 Å². The third-order valence-electron chi connectivity index (χ3n) is 10.5. The number of nitrogens with zero attached hydrogens (tertiary/aromatic N) is 1. The van der Waals surface area contributed by atoms with E-state index in [1.807, 2.05) is 18.2 Å². The lowest BCUT2D eigenvalue weighted by Crippen LogP contribution is -2.56. The number of ether oxygens (including phenoxy) is 4. The van der Waals surface area contributed by atoms with Crippen molar-refractivity contribution in [1.82, 2.24) is 10.2 Å². The summed E-state index contributed by atoms with van der Waals surface area (Å²) in [7, 11) is 4.64. The Morgan fingerprint density at radius 2 is 1.87 bits per heavy atom. The molecule has 7 atom stereocenters. The normalized spacial score (nSPS) is 26.8. The largest absolute Gasteiger partial charge is 0.497 e. The van der Waals surface area contributed by atoms with Crippen LogP contribution in [-0.4, -0.2) is 92.5 Å². The Kier molecular flexibility index (Phi) is 9.75. The van der Waals surface area contributed by atoms with Crippen molar-refractivity contribution in [3.8, 4) is 23.0 Å². The minimum atomic E-state index is -1.21. The number of aldehydes is 1. The van der Waals surface area contributed by atoms with Crippen molar-refractivity contribution in [2.75, 3.05) is 41.0 Å². The number of amides is 2. The lowest BCUT2D eigenvalue weighted by Gasteiger charge is -2.41. The van der Waals surface area contributed by atoms with Crippen molar-refractivity contribution >= 4 is 18.1 Å². The highest BCUT2D eigenvalue weighted by atomic mass is 16.5. The van der Waals surface area contributed by atoms with Crippen LogP contribution in [0.25, 0.3) is 0 Å². The van der Waals surface area contributed by atoms with Gasteiger partial charge in [0.1, 0.15) is 30.0 Å². The van der Waals surface area contributed by atoms with Crippen molar-refractivity contribution in [3.05, 3.63) is 58.7 Å². The lowest BCUT2D eigenvalue weighted by molar-refractivity contribution is -0.138. The molecule has 2 saturated carbocycles. The van der Waals surface area contributed by atoms with Gasteiger partial charge in [-0.3, -0.25) is 14.4 Å². The quantitative estimate of drug-likeness (QED) is 0.279. The summed E-state index contributed by atoms with van der Waals surface area (Å²) >= 11 is 0. The maximum absolute atomic E-state index is 14.4. The second kappa shape index (κ2) is 13.9. The number of hydrogen-bond acceptors (Lipinski definition) is 9. The van der Waals surface area contributed by atoms with Gasteiger partial charge in [0, 0.05) is 36.2 Å². The molecule has 1 heterocycles. The van der Waals surface area contributed by atoms with Gasteiger partial charge in [-0.05, 0) is 85.4 Å². The zero-order valence-corrected chi connectivity index (χ0v) is 27.1. The molecule has 2 aromatic carbocycles. The maximum Gasteiger partial charge on any atom is 0.247 e. The molecular weight excluding hydrogens is 604 g/mol. The van der Waals surface area contributed by atoms with Gasteiger partial charge >= 0.3 is 0 Å². The molecular formula is C36H44N2O9. The number of rotatable bonds is 13. The van der Waals surface area contributed by atoms with Crippen molar-refractivity contribution in [2.45, 2.75) is 62.7 Å². The van der Waals surface area contributed by atoms with Gasteiger partial charge < -0.3 is 39.4 Å². The molecule has 3 aliphatic carbocycles. The SMILES string of the molecule is COc1ccc(OC)c(CCN(C(=O)CC2CC3CCC2C3)[C@@H]2C=C(C(=O)NCCO)[C@@H]3c4cc(C=O)cc(OC)c4O[C@@H]3[C@H]2O)c1. The third kappa shape index (κ3) is 6.30. The van der Waals surface area contributed by atoms with Gasteiger partial charge in [0.25, 0.3) is 0 Å². The summed E-state index contributed by atoms with van der Waals surface area (Å²) in [6.07, 6.45) is 5.57. The average molecular weight is 649 g/mol. The number of benzene rings is 2. The smallest absolute Gasteiger partial charge is 0.247 e. The Morgan fingerprint density at radius 3 is 2.53 bits per heavy atom. The summed E-state index contributed by atoms with van der Waals surface area (Å²) in [5.74, 6) is 2.19. The first-order valence-corrected chi connectivity index (χ1v) is 16.4. The molecule has 4 aliphatic rings. The second-order valence-corrected chi connectivity index (χ2v) is 13.1. The van der Waals surface area contributed by atoms with Crippen molar-refractivity contribution in [1.29, 1.82) is 0 Å². The van der Waals surface area contributed by atoms with Crippen LogP contribution in [0, 0.1) is 17.8 Å². The summed E-state index contributed by atoms with van der Waals surface area (Å²) in [4.78, 5) is 41.6. The van der Waals surface area contributed by atoms with E-state index in [2.05, 4.69) is 5.32 Å². The van der Waals surface area contributed by atoms with Crippen LogP contribution in [0.3, 0.4) is 0 Å². The van der Waals surface area contributed by atoms with E-state index in [1.54, 1.807) is 37.3 Å². The first-order valence-electron chi connectivity index (χ1n) is 16.4. The molecule has 3 unspecified atom stereocenters. The van der Waals surface area contributed by atoms with Gasteiger partial charge in [-0.1, -0.05) is 6.42 Å². The summed E-state index contributed by atoms with van der Waals surface area (Å²) in [5, 5.41) is 24.3. The standard InChI is InChI=1S/C36H44N2O9/c1-44-25-6-7-29(45-2)23(16-25)8-10-38(31(41)17-24-13-20-4-5-22(24)12-20)28-18-27(36(43)37-9-11-39)32-26-14-21(19-40)15-30(46-3)34(26)47-35(32)33(28)42/h6-7,14-16,18-20,22,24,28,32-33,35,39,42H,4-5,8-13,17H2,1-3H3,(H,37,43)/t20?,22?,24?,28-,32+,33+,35+/m1/s1. The van der Waals surface area contributed by atoms with Crippen LogP contribution in [0.15, 0.2) is 42.0 Å². The molecule has 0 spiro atoms. The number of aliphatic hydroxyl groups excluding tert-OH is 2. The summed E-state index contributed by atoms with van der Waals surface area (Å²) in [6, 6.07) is 7.81. The molecule has 0 radical (unpaired) electrons. The highest BCUT2D eigenvalue weighted by Crippen LogP contribution is 2.52. The Morgan fingerprint density at radius 1 is 1.06 bits per heavy atom. The van der Waals surface area contributed by atoms with Gasteiger partial charge in [0.05, 0.1) is 39.9 Å². The van der Waals surface area contributed by atoms with Crippen molar-refractivity contribution < 1.29 is 43.5 Å². The van der Waals surface area contributed by atoms with Crippen LogP contribution in [0.2, 0.25) is 0 Å². The number of methoxy groups -OCH3 is 3. The van der Waals surface area contributed by atoms with Gasteiger partial charge in [0.15, 0.2) is 11.5 Å². The van der Waals surface area contributed by atoms with Gasteiger partial charge in [-0.15, -0.1) is 0 Å². The molecule has 11 nitrogen and oxygen atoms in total. The van der Waals surface area contributed by atoms with E-state index in [9.17, 15) is 24.6 Å². The first-order chi connectivity index (χ1) is 22.8. The molecule has 2 bridgehead atoms. The van der Waals surface area contributed by atoms with E-state index in [0.717, 1.165) is 18.4 Å². The maximum atomic E-state index is 14.4. The Hall–Kier alpha value is -4.09. The van der Waals surface area contributed by atoms with Crippen LogP contribution in [0.5, 0.6) is 23.0 Å². The number of carbonyl (C=O) groups excluding carboxylic acids is 3. The second-order valence-electron chi connectivity index (χ2n) is 13.1. The summed E-state index contributed by atoms with van der Waals surface area (Å²) in [6.45, 7) is 0.0104. The molecule has 2 fully saturated rings. The van der Waals surface area contributed by atoms with Crippen LogP contribution < -0.4 is 24.3 Å². The molecule has 3 N–H and O–H groups in total. The lowest BCUT2D eigenvalue weighted by atomic mass is 9.77. The van der Waals surface area contributed by atoms with Gasteiger partial charge in [-0.2, -0.15) is 0 Å². The Balaban J connectivity index is 1.38. The molecule has 47 heavy (non-hydrogen) atoms. The molecule has 1 aliphatic heterocycles. The predicted octanol–water partition coefficient (Wildman–Crippen LogP) is 3.05. The van der Waals surface area contributed by atoms with E-state index in [-0.39, 0.29) is 31.5 Å². The molecule has 0 aromatic heterocycles. The van der Waals surface area contributed by atoms with Crippen molar-refractivity contribution in [2.24, 2.45) is 17.8 Å². The topological polar surface area (TPSA) is 144 Å². The number of carbonyl (C=O) groups is 3. The van der Waals surface area contributed by atoms with Crippen LogP contribution in [0.1, 0.15) is 59.5 Å². The Labute approximate surface area is 274 Å². The fraction of sp³-hybridized carbons (Fsp3) is 0.528. The van der Waals surface area contributed by atoms with E-state index in [1.165, 1.54) is 20.0 Å². The molecule has 2 aromatic rings. The highest BCUT2D eigenvalue weighted by Gasteiger charge is 2.52. The minimum absolute atomic E-state index is 0.0225. The zero-order chi connectivity index (χ0) is 33.2. The van der Waals surface area contributed by atoms with E-state index < -0.39 is 30.1 Å². The third-order valence-corrected chi connectivity index (χ3v) is 10.5. The summed E-state index contributed by atoms with van der Waals surface area (Å²) < 4.78 is 23.0. The monoisotopic (exact) mass is 648 g/mol. The van der Waals surface area contributed by atoms with E-state index >= 15 is 0 Å². The molecule has 252 valence electrons. The fourth-order valence-corrected chi connectivity index (χ4v) is 8.28. The molecule has 0 saturated heterocycles. The number of aliphatic hydroxyl groups is 2. The van der Waals surface area contributed by atoms with Gasteiger partial charge in [0.2, 0.25) is 11.8 Å².